The fourth-order valence-corrected chi connectivity index (χ4v) is 4.02. The van der Waals surface area contributed by atoms with Gasteiger partial charge in [-0.3, -0.25) is 14.5 Å². The van der Waals surface area contributed by atoms with Gasteiger partial charge in [0.25, 0.3) is 11.8 Å². The van der Waals surface area contributed by atoms with Crippen LogP contribution in [0.1, 0.15) is 30.5 Å². The van der Waals surface area contributed by atoms with Gasteiger partial charge in [-0.25, -0.2) is 0 Å². The van der Waals surface area contributed by atoms with Crippen molar-refractivity contribution in [1.82, 2.24) is 4.90 Å². The lowest BCUT2D eigenvalue weighted by Gasteiger charge is -2.16. The van der Waals surface area contributed by atoms with E-state index in [-0.39, 0.29) is 23.6 Å². The Morgan fingerprint density at radius 2 is 1.65 bits per heavy atom. The second-order valence-corrected chi connectivity index (χ2v) is 8.52. The molecule has 0 radical (unpaired) electrons. The summed E-state index contributed by atoms with van der Waals surface area (Å²) in [6.45, 7) is 6.19. The Bertz CT molecular complexity index is 887. The van der Waals surface area contributed by atoms with Crippen LogP contribution < -0.4 is 0 Å². The van der Waals surface area contributed by atoms with Crippen LogP contribution in [0.2, 0.25) is 5.02 Å². The zero-order valence-corrected chi connectivity index (χ0v) is 16.5. The molecule has 1 aliphatic heterocycles. The van der Waals surface area contributed by atoms with Gasteiger partial charge in [-0.15, -0.1) is 11.8 Å². The van der Waals surface area contributed by atoms with E-state index in [9.17, 15) is 9.59 Å². The molecule has 2 aromatic carbocycles. The summed E-state index contributed by atoms with van der Waals surface area (Å²) in [6, 6.07) is 15.0. The standard InChI is InChI=1S/C21H20ClNO2S/c1-13(2)26-19-18(15-10-8-14(3)9-11-15)20(24)23(21(19)25)12-16-6-4-5-7-17(16)22/h4-11,13H,12H2,1-3H3. The Hall–Kier alpha value is -2.04. The molecule has 3 nitrogen and oxygen atoms in total. The van der Waals surface area contributed by atoms with Gasteiger partial charge in [0.05, 0.1) is 17.0 Å². The third-order valence-electron chi connectivity index (χ3n) is 4.11. The number of hydrogen-bond donors (Lipinski definition) is 0. The highest BCUT2D eigenvalue weighted by atomic mass is 35.5. The van der Waals surface area contributed by atoms with Crippen molar-refractivity contribution in [2.24, 2.45) is 0 Å². The van der Waals surface area contributed by atoms with Crippen molar-refractivity contribution in [3.8, 4) is 0 Å². The first-order valence-corrected chi connectivity index (χ1v) is 9.72. The van der Waals surface area contributed by atoms with Crippen LogP contribution in [0.4, 0.5) is 0 Å². The van der Waals surface area contributed by atoms with Crippen molar-refractivity contribution >= 4 is 40.8 Å². The molecule has 0 spiro atoms. The van der Waals surface area contributed by atoms with E-state index in [2.05, 4.69) is 0 Å². The summed E-state index contributed by atoms with van der Waals surface area (Å²) in [5.74, 6) is -0.508. The Morgan fingerprint density at radius 1 is 1.00 bits per heavy atom. The molecule has 2 aromatic rings. The summed E-state index contributed by atoms with van der Waals surface area (Å²) >= 11 is 7.66. The number of carbonyl (C=O) groups excluding carboxylic acids is 2. The Kier molecular flexibility index (Phi) is 5.54. The first-order chi connectivity index (χ1) is 12.4. The highest BCUT2D eigenvalue weighted by molar-refractivity contribution is 8.04. The average Bonchev–Trinajstić information content (AvgIpc) is 2.82. The maximum absolute atomic E-state index is 13.1. The van der Waals surface area contributed by atoms with Crippen molar-refractivity contribution in [2.75, 3.05) is 0 Å². The molecule has 5 heteroatoms. The van der Waals surface area contributed by atoms with E-state index < -0.39 is 0 Å². The number of rotatable bonds is 5. The SMILES string of the molecule is Cc1ccc(C2=C(SC(C)C)C(=O)N(Cc3ccccc3Cl)C2=O)cc1. The number of hydrogen-bond acceptors (Lipinski definition) is 3. The average molecular weight is 386 g/mol. The van der Waals surface area contributed by atoms with E-state index in [1.54, 1.807) is 6.07 Å². The molecule has 1 aliphatic rings. The predicted molar refractivity (Wildman–Crippen MR) is 108 cm³/mol. The minimum Gasteiger partial charge on any atom is -0.269 e. The number of thioether (sulfide) groups is 1. The van der Waals surface area contributed by atoms with Gasteiger partial charge in [0.2, 0.25) is 0 Å². The maximum atomic E-state index is 13.1. The molecule has 0 unspecified atom stereocenters. The first-order valence-electron chi connectivity index (χ1n) is 8.46. The van der Waals surface area contributed by atoms with Crippen LogP contribution in [0.15, 0.2) is 53.4 Å². The van der Waals surface area contributed by atoms with Crippen molar-refractivity contribution < 1.29 is 9.59 Å². The molecule has 3 rings (SSSR count). The van der Waals surface area contributed by atoms with E-state index in [1.807, 2.05) is 63.2 Å². The van der Waals surface area contributed by atoms with Gasteiger partial charge in [0, 0.05) is 10.3 Å². The number of imide groups is 1. The fraction of sp³-hybridized carbons (Fsp3) is 0.238. The summed E-state index contributed by atoms with van der Waals surface area (Å²) in [5.41, 5.74) is 3.13. The van der Waals surface area contributed by atoms with Crippen LogP contribution >= 0.6 is 23.4 Å². The van der Waals surface area contributed by atoms with Gasteiger partial charge < -0.3 is 0 Å². The lowest BCUT2D eigenvalue weighted by molar-refractivity contribution is -0.137. The molecule has 134 valence electrons. The predicted octanol–water partition coefficient (Wildman–Crippen LogP) is 5.07. The van der Waals surface area contributed by atoms with Crippen molar-refractivity contribution in [3.63, 3.8) is 0 Å². The second-order valence-electron chi connectivity index (χ2n) is 6.52. The van der Waals surface area contributed by atoms with Crippen molar-refractivity contribution in [3.05, 3.63) is 75.1 Å². The number of nitrogens with zero attached hydrogens (tertiary/aromatic N) is 1. The highest BCUT2D eigenvalue weighted by Gasteiger charge is 2.39. The monoisotopic (exact) mass is 385 g/mol. The van der Waals surface area contributed by atoms with Crippen LogP contribution in [0, 0.1) is 6.92 Å². The van der Waals surface area contributed by atoms with Gasteiger partial charge in [-0.1, -0.05) is 73.5 Å². The number of aryl methyl sites for hydroxylation is 1. The van der Waals surface area contributed by atoms with Gasteiger partial charge >= 0.3 is 0 Å². The zero-order valence-electron chi connectivity index (χ0n) is 15.0. The Balaban J connectivity index is 2.00. The lowest BCUT2D eigenvalue weighted by atomic mass is 10.0. The molecule has 0 bridgehead atoms. The Labute approximate surface area is 163 Å². The smallest absolute Gasteiger partial charge is 0.268 e. The minimum atomic E-state index is -0.262. The van der Waals surface area contributed by atoms with Crippen molar-refractivity contribution in [1.29, 1.82) is 0 Å². The molecule has 0 saturated heterocycles. The molecular weight excluding hydrogens is 366 g/mol. The van der Waals surface area contributed by atoms with Crippen LogP contribution in [0.5, 0.6) is 0 Å². The summed E-state index contributed by atoms with van der Waals surface area (Å²) in [7, 11) is 0. The highest BCUT2D eigenvalue weighted by Crippen LogP contribution is 2.38. The van der Waals surface area contributed by atoms with Gasteiger partial charge in [0.1, 0.15) is 0 Å². The van der Waals surface area contributed by atoms with E-state index in [4.69, 9.17) is 11.6 Å². The Morgan fingerprint density at radius 3 is 2.27 bits per heavy atom. The molecule has 0 saturated carbocycles. The van der Waals surface area contributed by atoms with Crippen LogP contribution in [-0.4, -0.2) is 22.0 Å². The summed E-state index contributed by atoms with van der Waals surface area (Å²) in [5, 5.41) is 0.748. The van der Waals surface area contributed by atoms with Gasteiger partial charge in [0.15, 0.2) is 0 Å². The molecule has 0 fully saturated rings. The zero-order chi connectivity index (χ0) is 18.8. The summed E-state index contributed by atoms with van der Waals surface area (Å²) in [4.78, 5) is 27.9. The van der Waals surface area contributed by atoms with E-state index >= 15 is 0 Å². The molecular formula is C21H20ClNO2S. The number of carbonyl (C=O) groups is 2. The number of halogens is 1. The normalized spacial score (nSPS) is 14.7. The van der Waals surface area contributed by atoms with E-state index in [0.29, 0.717) is 15.5 Å². The maximum Gasteiger partial charge on any atom is 0.268 e. The molecule has 0 atom stereocenters. The summed E-state index contributed by atoms with van der Waals surface area (Å²) in [6.07, 6.45) is 0. The lowest BCUT2D eigenvalue weighted by Crippen LogP contribution is -2.31. The number of amides is 2. The molecule has 0 aliphatic carbocycles. The second kappa shape index (κ2) is 7.68. The first kappa shape index (κ1) is 18.7. The van der Waals surface area contributed by atoms with Crippen LogP contribution in [-0.2, 0) is 16.1 Å². The molecule has 0 aromatic heterocycles. The quantitative estimate of drug-likeness (QED) is 0.674. The third-order valence-corrected chi connectivity index (χ3v) is 5.56. The molecule has 0 N–H and O–H groups in total. The van der Waals surface area contributed by atoms with Crippen molar-refractivity contribution in [2.45, 2.75) is 32.6 Å². The van der Waals surface area contributed by atoms with Crippen LogP contribution in [0.25, 0.3) is 5.57 Å². The fourth-order valence-electron chi connectivity index (χ4n) is 2.81. The minimum absolute atomic E-state index is 0.175. The summed E-state index contributed by atoms with van der Waals surface area (Å²) < 4.78 is 0. The number of benzene rings is 2. The van der Waals surface area contributed by atoms with Crippen LogP contribution in [0.3, 0.4) is 0 Å². The topological polar surface area (TPSA) is 37.4 Å². The van der Waals surface area contributed by atoms with E-state index in [0.717, 1.165) is 16.7 Å². The van der Waals surface area contributed by atoms with Gasteiger partial charge in [-0.05, 0) is 24.1 Å². The van der Waals surface area contributed by atoms with Gasteiger partial charge in [-0.2, -0.15) is 0 Å². The molecule has 26 heavy (non-hydrogen) atoms. The van der Waals surface area contributed by atoms with E-state index in [1.165, 1.54) is 16.7 Å². The molecule has 2 amide bonds. The molecule has 1 heterocycles. The third kappa shape index (κ3) is 3.71. The largest absolute Gasteiger partial charge is 0.269 e.